The Balaban J connectivity index is 1.55. The monoisotopic (exact) mass is 462 g/mol. The zero-order chi connectivity index (χ0) is 24.3. The van der Waals surface area contributed by atoms with Gasteiger partial charge in [0.25, 0.3) is 0 Å². The number of aromatic nitrogens is 2. The van der Waals surface area contributed by atoms with Gasteiger partial charge in [0.1, 0.15) is 5.65 Å². The number of rotatable bonds is 9. The van der Waals surface area contributed by atoms with Gasteiger partial charge < -0.3 is 14.5 Å². The predicted octanol–water partition coefficient (Wildman–Crippen LogP) is 2.69. The molecule has 3 aromatic rings. The highest BCUT2D eigenvalue weighted by molar-refractivity contribution is 6.10. The van der Waals surface area contributed by atoms with E-state index in [1.807, 2.05) is 67.0 Å². The lowest BCUT2D eigenvalue weighted by molar-refractivity contribution is -0.141. The number of likely N-dealkylation sites (tertiary alicyclic amines) is 1. The lowest BCUT2D eigenvalue weighted by atomic mass is 9.74. The molecule has 0 radical (unpaired) electrons. The zero-order valence-electron chi connectivity index (χ0n) is 19.8. The van der Waals surface area contributed by atoms with E-state index < -0.39 is 5.41 Å². The number of imide groups is 1. The fourth-order valence-corrected chi connectivity index (χ4v) is 4.76. The summed E-state index contributed by atoms with van der Waals surface area (Å²) in [6, 6.07) is 11.4. The minimum atomic E-state index is -1.21. The molecule has 0 bridgehead atoms. The number of ether oxygens (including phenoxy) is 1. The summed E-state index contributed by atoms with van der Waals surface area (Å²) >= 11 is 0. The molecule has 1 atom stereocenters. The van der Waals surface area contributed by atoms with Gasteiger partial charge in [0.15, 0.2) is 0 Å². The Hall–Kier alpha value is -3.52. The Kier molecular flexibility index (Phi) is 6.79. The van der Waals surface area contributed by atoms with E-state index in [1.54, 1.807) is 7.11 Å². The van der Waals surface area contributed by atoms with Gasteiger partial charge in [0.05, 0.1) is 17.7 Å². The van der Waals surface area contributed by atoms with Gasteiger partial charge in [-0.1, -0.05) is 30.3 Å². The highest BCUT2D eigenvalue weighted by Gasteiger charge is 2.53. The van der Waals surface area contributed by atoms with Gasteiger partial charge in [-0.3, -0.25) is 19.3 Å². The fourth-order valence-electron chi connectivity index (χ4n) is 4.76. The number of methoxy groups -OCH3 is 1. The molecule has 0 unspecified atom stereocenters. The largest absolute Gasteiger partial charge is 0.385 e. The number of amides is 3. The number of nitrogens with one attached hydrogen (secondary N) is 1. The number of carbonyl (C=O) groups is 3. The fraction of sp³-hybridized carbons (Fsp3) is 0.385. The van der Waals surface area contributed by atoms with Crippen LogP contribution in [0.15, 0.2) is 48.8 Å². The van der Waals surface area contributed by atoms with Gasteiger partial charge in [0.2, 0.25) is 17.7 Å². The van der Waals surface area contributed by atoms with Crippen molar-refractivity contribution in [3.63, 3.8) is 0 Å². The Morgan fingerprint density at radius 3 is 2.65 bits per heavy atom. The van der Waals surface area contributed by atoms with Gasteiger partial charge >= 0.3 is 0 Å². The van der Waals surface area contributed by atoms with E-state index in [0.29, 0.717) is 13.0 Å². The molecular weight excluding hydrogens is 432 g/mol. The summed E-state index contributed by atoms with van der Waals surface area (Å²) in [7, 11) is 1.58. The molecule has 4 rings (SSSR count). The van der Waals surface area contributed by atoms with Crippen LogP contribution < -0.4 is 5.32 Å². The van der Waals surface area contributed by atoms with Crippen molar-refractivity contribution in [1.29, 1.82) is 0 Å². The molecule has 1 fully saturated rings. The van der Waals surface area contributed by atoms with Gasteiger partial charge in [-0.15, -0.1) is 0 Å². The molecule has 8 nitrogen and oxygen atoms in total. The van der Waals surface area contributed by atoms with E-state index in [0.717, 1.165) is 28.0 Å². The second-order valence-corrected chi connectivity index (χ2v) is 8.88. The molecule has 34 heavy (non-hydrogen) atoms. The smallest absolute Gasteiger partial charge is 0.240 e. The number of pyridine rings is 1. The maximum absolute atomic E-state index is 13.6. The van der Waals surface area contributed by atoms with E-state index >= 15 is 0 Å². The minimum Gasteiger partial charge on any atom is -0.385 e. The van der Waals surface area contributed by atoms with Crippen LogP contribution in [-0.4, -0.2) is 52.3 Å². The Bertz CT molecular complexity index is 1230. The average Bonchev–Trinajstić information content (AvgIpc) is 3.33. The van der Waals surface area contributed by atoms with E-state index in [2.05, 4.69) is 10.3 Å². The predicted molar refractivity (Wildman–Crippen MR) is 127 cm³/mol. The molecule has 3 heterocycles. The number of hydrogen-bond acceptors (Lipinski definition) is 5. The molecular formula is C26H30N4O4. The van der Waals surface area contributed by atoms with E-state index in [-0.39, 0.29) is 43.7 Å². The second-order valence-electron chi connectivity index (χ2n) is 8.88. The van der Waals surface area contributed by atoms with Crippen LogP contribution in [0.1, 0.15) is 41.6 Å². The topological polar surface area (TPSA) is 93.0 Å². The summed E-state index contributed by atoms with van der Waals surface area (Å²) in [4.78, 5) is 45.5. The molecule has 1 aliphatic rings. The third-order valence-electron chi connectivity index (χ3n) is 6.46. The maximum Gasteiger partial charge on any atom is 0.240 e. The first kappa shape index (κ1) is 23.6. The van der Waals surface area contributed by atoms with Gasteiger partial charge in [0, 0.05) is 45.5 Å². The molecule has 178 valence electrons. The van der Waals surface area contributed by atoms with Crippen LogP contribution in [0.25, 0.3) is 5.65 Å². The first-order valence-electron chi connectivity index (χ1n) is 11.5. The number of hydrogen-bond donors (Lipinski definition) is 1. The van der Waals surface area contributed by atoms with Crippen LogP contribution in [0.5, 0.6) is 0 Å². The van der Waals surface area contributed by atoms with Crippen LogP contribution in [0, 0.1) is 13.8 Å². The van der Waals surface area contributed by atoms with Crippen molar-refractivity contribution in [3.05, 3.63) is 71.2 Å². The number of aryl methyl sites for hydroxylation is 2. The first-order chi connectivity index (χ1) is 16.4. The molecule has 1 aromatic carbocycles. The lowest BCUT2D eigenvalue weighted by Crippen LogP contribution is -2.43. The quantitative estimate of drug-likeness (QED) is 0.390. The average molecular weight is 463 g/mol. The molecule has 8 heteroatoms. The first-order valence-corrected chi connectivity index (χ1v) is 11.5. The molecule has 0 aliphatic carbocycles. The van der Waals surface area contributed by atoms with E-state index in [1.165, 1.54) is 4.90 Å². The second kappa shape index (κ2) is 9.77. The third-order valence-corrected chi connectivity index (χ3v) is 6.46. The summed E-state index contributed by atoms with van der Waals surface area (Å²) in [6.45, 7) is 4.86. The normalized spacial score (nSPS) is 18.1. The maximum atomic E-state index is 13.6. The molecule has 0 spiro atoms. The van der Waals surface area contributed by atoms with Crippen molar-refractivity contribution in [2.75, 3.05) is 20.3 Å². The summed E-state index contributed by atoms with van der Waals surface area (Å²) < 4.78 is 6.99. The molecule has 3 amide bonds. The number of fused-ring (bicyclic) bond motifs is 1. The Morgan fingerprint density at radius 2 is 1.91 bits per heavy atom. The van der Waals surface area contributed by atoms with Crippen LogP contribution >= 0.6 is 0 Å². The van der Waals surface area contributed by atoms with Crippen molar-refractivity contribution in [2.24, 2.45) is 0 Å². The SMILES string of the molecule is COCCCN1C(=O)C[C@@](CC(=O)NCc2cn3cccc(C)c3n2)(c2ccccc2C)C1=O. The Morgan fingerprint density at radius 1 is 1.15 bits per heavy atom. The molecule has 1 saturated heterocycles. The van der Waals surface area contributed by atoms with Crippen LogP contribution in [0.2, 0.25) is 0 Å². The number of benzene rings is 1. The number of imidazole rings is 1. The Labute approximate surface area is 198 Å². The minimum absolute atomic E-state index is 0.0232. The summed E-state index contributed by atoms with van der Waals surface area (Å²) in [5.41, 5.74) is 3.00. The van der Waals surface area contributed by atoms with E-state index in [4.69, 9.17) is 4.74 Å². The zero-order valence-corrected chi connectivity index (χ0v) is 19.8. The molecule has 0 saturated carbocycles. The van der Waals surface area contributed by atoms with Crippen molar-refractivity contribution in [3.8, 4) is 0 Å². The van der Waals surface area contributed by atoms with Gasteiger partial charge in [-0.05, 0) is 43.0 Å². The third kappa shape index (κ3) is 4.46. The van der Waals surface area contributed by atoms with Crippen molar-refractivity contribution >= 4 is 23.4 Å². The van der Waals surface area contributed by atoms with Crippen LogP contribution in [0.3, 0.4) is 0 Å². The highest BCUT2D eigenvalue weighted by Crippen LogP contribution is 2.41. The molecule has 1 N–H and O–H groups in total. The van der Waals surface area contributed by atoms with Crippen molar-refractivity contribution < 1.29 is 19.1 Å². The molecule has 1 aliphatic heterocycles. The number of nitrogens with zero attached hydrogens (tertiary/aromatic N) is 3. The number of carbonyl (C=O) groups excluding carboxylic acids is 3. The van der Waals surface area contributed by atoms with Gasteiger partial charge in [-0.25, -0.2) is 4.98 Å². The van der Waals surface area contributed by atoms with Crippen LogP contribution in [-0.2, 0) is 31.1 Å². The van der Waals surface area contributed by atoms with Crippen molar-refractivity contribution in [1.82, 2.24) is 19.6 Å². The summed E-state index contributed by atoms with van der Waals surface area (Å²) in [6.07, 6.45) is 4.22. The summed E-state index contributed by atoms with van der Waals surface area (Å²) in [5, 5.41) is 2.91. The van der Waals surface area contributed by atoms with Gasteiger partial charge in [-0.2, -0.15) is 0 Å². The lowest BCUT2D eigenvalue weighted by Gasteiger charge is -2.28. The van der Waals surface area contributed by atoms with Crippen molar-refractivity contribution in [2.45, 2.75) is 45.1 Å². The molecule has 2 aromatic heterocycles. The van der Waals surface area contributed by atoms with Crippen LogP contribution in [0.4, 0.5) is 0 Å². The van der Waals surface area contributed by atoms with E-state index in [9.17, 15) is 14.4 Å². The standard InChI is InChI=1S/C26H30N4O4/c1-18-8-4-5-10-21(18)26(15-23(32)30(25(26)33)12-7-13-34-3)14-22(31)27-16-20-17-29-11-6-9-19(2)24(29)28-20/h4-6,8-11,17H,7,12-16H2,1-3H3,(H,27,31)/t26-/m0/s1. The summed E-state index contributed by atoms with van der Waals surface area (Å²) in [5.74, 6) is -0.869. The highest BCUT2D eigenvalue weighted by atomic mass is 16.5.